The van der Waals surface area contributed by atoms with Gasteiger partial charge in [0, 0.05) is 21.6 Å². The molecule has 0 saturated heterocycles. The van der Waals surface area contributed by atoms with E-state index < -0.39 is 5.54 Å². The average molecular weight is 465 g/mol. The highest BCUT2D eigenvalue weighted by atomic mass is 35.5. The minimum Gasteiger partial charge on any atom is -0.484 e. The highest BCUT2D eigenvalue weighted by Gasteiger charge is 2.34. The monoisotopic (exact) mass is 464 g/mol. The van der Waals surface area contributed by atoms with Gasteiger partial charge in [0.25, 0.3) is 11.8 Å². The first-order valence-corrected chi connectivity index (χ1v) is 10.9. The standard InChI is InChI=1S/C23H26Cl2N2O4/c1-23(27-22(29)15-31-20-10-6-17(25)7-11-20)12-2-3-18(13-23)26-21(28)14-30-19-8-4-16(24)5-9-19/h4-11,18H,2-3,12-15H2,1H3,(H,26,28)(H,27,29). The third-order valence-electron chi connectivity index (χ3n) is 5.15. The molecule has 2 atom stereocenters. The zero-order valence-corrected chi connectivity index (χ0v) is 18.8. The second kappa shape index (κ2) is 10.7. The topological polar surface area (TPSA) is 76.7 Å². The van der Waals surface area contributed by atoms with E-state index in [2.05, 4.69) is 10.6 Å². The molecular weight excluding hydrogens is 439 g/mol. The molecule has 0 heterocycles. The Morgan fingerprint density at radius 2 is 1.45 bits per heavy atom. The predicted molar refractivity (Wildman–Crippen MR) is 121 cm³/mol. The van der Waals surface area contributed by atoms with Gasteiger partial charge in [0.05, 0.1) is 0 Å². The van der Waals surface area contributed by atoms with Gasteiger partial charge in [-0.1, -0.05) is 23.2 Å². The first-order chi connectivity index (χ1) is 14.8. The van der Waals surface area contributed by atoms with Crippen LogP contribution in [0, 0.1) is 0 Å². The van der Waals surface area contributed by atoms with Gasteiger partial charge in [-0.05, 0) is 81.1 Å². The molecule has 1 aliphatic carbocycles. The predicted octanol–water partition coefficient (Wildman–Crippen LogP) is 4.38. The summed E-state index contributed by atoms with van der Waals surface area (Å²) in [5.74, 6) is 0.775. The van der Waals surface area contributed by atoms with Crippen molar-refractivity contribution in [2.45, 2.75) is 44.2 Å². The molecule has 166 valence electrons. The summed E-state index contributed by atoms with van der Waals surface area (Å²) in [7, 11) is 0. The quantitative estimate of drug-likeness (QED) is 0.607. The molecule has 0 radical (unpaired) electrons. The van der Waals surface area contributed by atoms with Crippen molar-refractivity contribution in [1.29, 1.82) is 0 Å². The molecule has 2 unspecified atom stereocenters. The van der Waals surface area contributed by atoms with E-state index in [-0.39, 0.29) is 31.1 Å². The summed E-state index contributed by atoms with van der Waals surface area (Å²) in [5, 5.41) is 7.28. The lowest BCUT2D eigenvalue weighted by molar-refractivity contribution is -0.125. The first-order valence-electron chi connectivity index (χ1n) is 10.2. The minimum absolute atomic E-state index is 0.0300. The largest absolute Gasteiger partial charge is 0.484 e. The van der Waals surface area contributed by atoms with Gasteiger partial charge in [0.2, 0.25) is 0 Å². The van der Waals surface area contributed by atoms with Crippen molar-refractivity contribution in [2.24, 2.45) is 0 Å². The number of rotatable bonds is 8. The summed E-state index contributed by atoms with van der Waals surface area (Å²) in [6, 6.07) is 13.7. The number of amides is 2. The molecule has 0 spiro atoms. The number of carbonyl (C=O) groups excluding carboxylic acids is 2. The van der Waals surface area contributed by atoms with E-state index in [1.54, 1.807) is 48.5 Å². The SMILES string of the molecule is CC1(NC(=O)COc2ccc(Cl)cc2)CCCC(NC(=O)COc2ccc(Cl)cc2)C1. The number of hydrogen-bond acceptors (Lipinski definition) is 4. The molecule has 1 fully saturated rings. The van der Waals surface area contributed by atoms with Gasteiger partial charge in [-0.25, -0.2) is 0 Å². The minimum atomic E-state index is -0.409. The molecule has 2 amide bonds. The van der Waals surface area contributed by atoms with Gasteiger partial charge >= 0.3 is 0 Å². The highest BCUT2D eigenvalue weighted by Crippen LogP contribution is 2.28. The van der Waals surface area contributed by atoms with Crippen LogP contribution in [0.5, 0.6) is 11.5 Å². The van der Waals surface area contributed by atoms with Gasteiger partial charge < -0.3 is 20.1 Å². The third kappa shape index (κ3) is 7.64. The molecule has 31 heavy (non-hydrogen) atoms. The molecule has 8 heteroatoms. The van der Waals surface area contributed by atoms with Crippen LogP contribution < -0.4 is 20.1 Å². The van der Waals surface area contributed by atoms with E-state index in [0.717, 1.165) is 19.3 Å². The summed E-state index contributed by atoms with van der Waals surface area (Å²) in [6.07, 6.45) is 3.25. The molecule has 0 bridgehead atoms. The first kappa shape index (κ1) is 23.2. The maximum atomic E-state index is 12.4. The van der Waals surface area contributed by atoms with Crippen LogP contribution in [0.2, 0.25) is 10.0 Å². The Balaban J connectivity index is 1.43. The van der Waals surface area contributed by atoms with E-state index in [4.69, 9.17) is 32.7 Å². The molecule has 0 aliphatic heterocycles. The molecule has 2 aromatic rings. The van der Waals surface area contributed by atoms with Gasteiger partial charge in [-0.2, -0.15) is 0 Å². The Morgan fingerprint density at radius 3 is 2.00 bits per heavy atom. The third-order valence-corrected chi connectivity index (χ3v) is 5.66. The number of ether oxygens (including phenoxy) is 2. The fraction of sp³-hybridized carbons (Fsp3) is 0.391. The molecule has 6 nitrogen and oxygen atoms in total. The summed E-state index contributed by atoms with van der Waals surface area (Å²) in [5.41, 5.74) is -0.409. The van der Waals surface area contributed by atoms with Crippen LogP contribution in [-0.2, 0) is 9.59 Å². The van der Waals surface area contributed by atoms with Crippen molar-refractivity contribution >= 4 is 35.0 Å². The Hall–Kier alpha value is -2.44. The van der Waals surface area contributed by atoms with Crippen molar-refractivity contribution in [3.8, 4) is 11.5 Å². The molecule has 0 aromatic heterocycles. The maximum Gasteiger partial charge on any atom is 0.258 e. The highest BCUT2D eigenvalue weighted by molar-refractivity contribution is 6.30. The number of hydrogen-bond donors (Lipinski definition) is 2. The second-order valence-corrected chi connectivity index (χ2v) is 8.83. The Labute approximate surface area is 192 Å². The van der Waals surface area contributed by atoms with Crippen molar-refractivity contribution in [1.82, 2.24) is 10.6 Å². The number of benzene rings is 2. The van der Waals surface area contributed by atoms with E-state index in [1.165, 1.54) is 0 Å². The van der Waals surface area contributed by atoms with Crippen molar-refractivity contribution in [3.63, 3.8) is 0 Å². The lowest BCUT2D eigenvalue weighted by Gasteiger charge is -2.39. The molecule has 1 aliphatic rings. The number of carbonyl (C=O) groups is 2. The van der Waals surface area contributed by atoms with Crippen LogP contribution >= 0.6 is 23.2 Å². The fourth-order valence-electron chi connectivity index (χ4n) is 3.72. The lowest BCUT2D eigenvalue weighted by Crippen LogP contribution is -2.54. The lowest BCUT2D eigenvalue weighted by atomic mass is 9.80. The second-order valence-electron chi connectivity index (χ2n) is 7.95. The Morgan fingerprint density at radius 1 is 0.935 bits per heavy atom. The molecule has 3 rings (SSSR count). The van der Waals surface area contributed by atoms with Gasteiger partial charge in [0.15, 0.2) is 13.2 Å². The van der Waals surface area contributed by atoms with E-state index in [9.17, 15) is 9.59 Å². The van der Waals surface area contributed by atoms with Gasteiger partial charge in [0.1, 0.15) is 11.5 Å². The smallest absolute Gasteiger partial charge is 0.258 e. The Bertz CT molecular complexity index is 889. The van der Waals surface area contributed by atoms with Gasteiger partial charge in [-0.3, -0.25) is 9.59 Å². The van der Waals surface area contributed by atoms with E-state index in [0.29, 0.717) is 28.0 Å². The normalized spacial score (nSPS) is 20.5. The van der Waals surface area contributed by atoms with Crippen LogP contribution in [0.1, 0.15) is 32.6 Å². The van der Waals surface area contributed by atoms with Crippen molar-refractivity contribution in [2.75, 3.05) is 13.2 Å². The Kier molecular flexibility index (Phi) is 8.04. The molecule has 1 saturated carbocycles. The van der Waals surface area contributed by atoms with E-state index in [1.807, 2.05) is 6.92 Å². The summed E-state index contributed by atoms with van der Waals surface area (Å²) >= 11 is 11.7. The molecule has 2 aromatic carbocycles. The van der Waals surface area contributed by atoms with Crippen LogP contribution in [0.3, 0.4) is 0 Å². The average Bonchev–Trinajstić information content (AvgIpc) is 2.73. The van der Waals surface area contributed by atoms with Crippen LogP contribution in [0.15, 0.2) is 48.5 Å². The van der Waals surface area contributed by atoms with Gasteiger partial charge in [-0.15, -0.1) is 0 Å². The number of halogens is 2. The van der Waals surface area contributed by atoms with Crippen LogP contribution in [0.25, 0.3) is 0 Å². The fourth-order valence-corrected chi connectivity index (χ4v) is 3.98. The molecule has 2 N–H and O–H groups in total. The molecular formula is C23H26Cl2N2O4. The summed E-state index contributed by atoms with van der Waals surface area (Å²) in [6.45, 7) is 1.84. The zero-order chi connectivity index (χ0) is 22.3. The zero-order valence-electron chi connectivity index (χ0n) is 17.3. The van der Waals surface area contributed by atoms with E-state index >= 15 is 0 Å². The maximum absolute atomic E-state index is 12.4. The van der Waals surface area contributed by atoms with Crippen molar-refractivity contribution < 1.29 is 19.1 Å². The van der Waals surface area contributed by atoms with Crippen LogP contribution in [-0.4, -0.2) is 36.6 Å². The summed E-state index contributed by atoms with van der Waals surface area (Å²) in [4.78, 5) is 24.7. The number of nitrogens with one attached hydrogen (secondary N) is 2. The van der Waals surface area contributed by atoms with Crippen LogP contribution in [0.4, 0.5) is 0 Å². The summed E-state index contributed by atoms with van der Waals surface area (Å²) < 4.78 is 11.0. The van der Waals surface area contributed by atoms with Crippen molar-refractivity contribution in [3.05, 3.63) is 58.6 Å².